The van der Waals surface area contributed by atoms with Crippen molar-refractivity contribution in [2.75, 3.05) is 6.54 Å². The molecule has 1 fully saturated rings. The van der Waals surface area contributed by atoms with Crippen molar-refractivity contribution in [2.45, 2.75) is 12.2 Å². The Morgan fingerprint density at radius 3 is 2.75 bits per heavy atom. The van der Waals surface area contributed by atoms with E-state index in [4.69, 9.17) is 0 Å². The lowest BCUT2D eigenvalue weighted by Crippen LogP contribution is -2.28. The van der Waals surface area contributed by atoms with Crippen LogP contribution in [0.3, 0.4) is 0 Å². The smallest absolute Gasteiger partial charge is 0.177 e. The second-order valence-electron chi connectivity index (χ2n) is 3.76. The van der Waals surface area contributed by atoms with Gasteiger partial charge < -0.3 is 5.32 Å². The Morgan fingerprint density at radius 1 is 1.44 bits per heavy atom. The molecule has 1 aliphatic heterocycles. The molecule has 1 N–H and O–H groups in total. The number of benzene rings is 1. The lowest BCUT2D eigenvalue weighted by atomic mass is 10.2. The van der Waals surface area contributed by atoms with Gasteiger partial charge in [-0.1, -0.05) is 12.1 Å². The highest BCUT2D eigenvalue weighted by Gasteiger charge is 2.14. The average molecular weight is 349 g/mol. The molecule has 0 amide bonds. The van der Waals surface area contributed by atoms with Crippen molar-refractivity contribution in [1.29, 1.82) is 0 Å². The quantitative estimate of drug-likeness (QED) is 0.850. The van der Waals surface area contributed by atoms with E-state index in [0.717, 1.165) is 27.8 Å². The number of hydrogen-bond donors (Lipinski definition) is 1. The van der Waals surface area contributed by atoms with Crippen LogP contribution < -0.4 is 5.32 Å². The summed E-state index contributed by atoms with van der Waals surface area (Å²) < 4.78 is 24.6. The molecule has 1 aliphatic rings. The third-order valence-corrected chi connectivity index (χ3v) is 4.38. The first kappa shape index (κ1) is 11.9. The summed E-state index contributed by atoms with van der Waals surface area (Å²) in [4.78, 5) is 0. The molecule has 3 nitrogen and oxygen atoms in total. The first-order chi connectivity index (χ1) is 7.55. The molecule has 0 aromatic heterocycles. The monoisotopic (exact) mass is 349 g/mol. The predicted octanol–water partition coefficient (Wildman–Crippen LogP) is 2.04. The molecule has 1 aromatic rings. The van der Waals surface area contributed by atoms with Crippen LogP contribution in [0.15, 0.2) is 35.4 Å². The number of halogens is 1. The Balaban J connectivity index is 2.14. The van der Waals surface area contributed by atoms with Crippen LogP contribution in [0.4, 0.5) is 0 Å². The van der Waals surface area contributed by atoms with Gasteiger partial charge in [-0.3, -0.25) is 0 Å². The van der Waals surface area contributed by atoms with E-state index in [1.54, 1.807) is 0 Å². The Bertz CT molecular complexity index is 517. The van der Waals surface area contributed by atoms with Crippen molar-refractivity contribution in [3.63, 3.8) is 0 Å². The van der Waals surface area contributed by atoms with Gasteiger partial charge in [-0.05, 0) is 40.3 Å². The van der Waals surface area contributed by atoms with Crippen LogP contribution in [0, 0.1) is 3.57 Å². The summed E-state index contributed by atoms with van der Waals surface area (Å²) in [6, 6.07) is 7.56. The van der Waals surface area contributed by atoms with Crippen LogP contribution in [-0.4, -0.2) is 15.0 Å². The van der Waals surface area contributed by atoms with E-state index in [2.05, 4.69) is 27.9 Å². The molecular weight excluding hydrogens is 337 g/mol. The molecule has 86 valence electrons. The van der Waals surface area contributed by atoms with Crippen molar-refractivity contribution < 1.29 is 8.42 Å². The van der Waals surface area contributed by atoms with Crippen LogP contribution in [0.5, 0.6) is 0 Å². The fraction of sp³-hybridized carbons (Fsp3) is 0.273. The predicted molar refractivity (Wildman–Crippen MR) is 72.5 cm³/mol. The molecule has 2 rings (SSSR count). The number of rotatable bonds is 3. The maximum Gasteiger partial charge on any atom is 0.177 e. The van der Waals surface area contributed by atoms with Gasteiger partial charge in [-0.25, -0.2) is 8.42 Å². The number of sulfone groups is 1. The molecule has 0 atom stereocenters. The highest BCUT2D eigenvalue weighted by atomic mass is 127. The molecular formula is C11H12INO2S. The van der Waals surface area contributed by atoms with Crippen LogP contribution in [0.1, 0.15) is 12.0 Å². The minimum Gasteiger partial charge on any atom is -0.387 e. The Kier molecular flexibility index (Phi) is 3.53. The zero-order valence-corrected chi connectivity index (χ0v) is 11.6. The van der Waals surface area contributed by atoms with Crippen molar-refractivity contribution in [3.05, 3.63) is 44.5 Å². The SMILES string of the molecule is O=S(=O)(/C=C1\CCN1)Cc1cccc(I)c1. The maximum absolute atomic E-state index is 11.8. The first-order valence-corrected chi connectivity index (χ1v) is 7.76. The zero-order chi connectivity index (χ0) is 11.6. The molecule has 0 unspecified atom stereocenters. The van der Waals surface area contributed by atoms with Crippen LogP contribution in [0.25, 0.3) is 0 Å². The molecule has 5 heteroatoms. The standard InChI is InChI=1S/C11H12INO2S/c12-10-3-1-2-9(6-10)7-16(14,15)8-11-4-5-13-11/h1-3,6,8,13H,4-5,7H2/b11-8+. The van der Waals surface area contributed by atoms with E-state index in [0.29, 0.717) is 0 Å². The fourth-order valence-electron chi connectivity index (χ4n) is 1.49. The summed E-state index contributed by atoms with van der Waals surface area (Å²) in [7, 11) is -3.14. The summed E-state index contributed by atoms with van der Waals surface area (Å²) in [5.41, 5.74) is 1.66. The van der Waals surface area contributed by atoms with Gasteiger partial charge in [-0.2, -0.15) is 0 Å². The van der Waals surface area contributed by atoms with E-state index in [1.165, 1.54) is 5.41 Å². The average Bonchev–Trinajstić information content (AvgIpc) is 2.11. The molecule has 1 aromatic carbocycles. The molecule has 1 saturated heterocycles. The molecule has 0 aliphatic carbocycles. The normalized spacial score (nSPS) is 17.9. The largest absolute Gasteiger partial charge is 0.387 e. The van der Waals surface area contributed by atoms with Crippen LogP contribution in [0.2, 0.25) is 0 Å². The molecule has 0 spiro atoms. The minimum atomic E-state index is -3.14. The van der Waals surface area contributed by atoms with E-state index in [9.17, 15) is 8.42 Å². The number of hydrogen-bond acceptors (Lipinski definition) is 3. The van der Waals surface area contributed by atoms with Gasteiger partial charge in [0.05, 0.1) is 5.75 Å². The van der Waals surface area contributed by atoms with Gasteiger partial charge >= 0.3 is 0 Å². The lowest BCUT2D eigenvalue weighted by molar-refractivity contribution is 0.597. The van der Waals surface area contributed by atoms with Crippen LogP contribution in [-0.2, 0) is 15.6 Å². The molecule has 0 radical (unpaired) electrons. The van der Waals surface area contributed by atoms with Gasteiger partial charge in [-0.15, -0.1) is 0 Å². The summed E-state index contributed by atoms with van der Waals surface area (Å²) >= 11 is 2.18. The summed E-state index contributed by atoms with van der Waals surface area (Å²) in [6.45, 7) is 0.880. The van der Waals surface area contributed by atoms with E-state index >= 15 is 0 Å². The molecule has 0 saturated carbocycles. The van der Waals surface area contributed by atoms with Gasteiger partial charge in [0.25, 0.3) is 0 Å². The lowest BCUT2D eigenvalue weighted by Gasteiger charge is -2.19. The highest BCUT2D eigenvalue weighted by molar-refractivity contribution is 14.1. The Labute approximate surface area is 109 Å². The van der Waals surface area contributed by atoms with Crippen molar-refractivity contribution >= 4 is 32.4 Å². The maximum atomic E-state index is 11.8. The second kappa shape index (κ2) is 4.75. The van der Waals surface area contributed by atoms with E-state index in [1.807, 2.05) is 24.3 Å². The van der Waals surface area contributed by atoms with Gasteiger partial charge in [0.2, 0.25) is 0 Å². The Morgan fingerprint density at radius 2 is 2.19 bits per heavy atom. The van der Waals surface area contributed by atoms with Gasteiger partial charge in [0, 0.05) is 27.6 Å². The summed E-state index contributed by atoms with van der Waals surface area (Å²) in [5, 5.41) is 4.34. The van der Waals surface area contributed by atoms with Crippen molar-refractivity contribution in [1.82, 2.24) is 5.32 Å². The Hall–Kier alpha value is -0.560. The van der Waals surface area contributed by atoms with Crippen molar-refractivity contribution in [2.24, 2.45) is 0 Å². The molecule has 0 bridgehead atoms. The van der Waals surface area contributed by atoms with E-state index < -0.39 is 9.84 Å². The van der Waals surface area contributed by atoms with Crippen molar-refractivity contribution in [3.8, 4) is 0 Å². The summed E-state index contributed by atoms with van der Waals surface area (Å²) in [6.07, 6.45) is 0.839. The zero-order valence-electron chi connectivity index (χ0n) is 8.61. The van der Waals surface area contributed by atoms with Crippen LogP contribution >= 0.6 is 22.6 Å². The summed E-state index contributed by atoms with van der Waals surface area (Å²) in [5.74, 6) is 0.0784. The van der Waals surface area contributed by atoms with Gasteiger partial charge in [0.15, 0.2) is 9.84 Å². The third-order valence-electron chi connectivity index (χ3n) is 2.33. The topological polar surface area (TPSA) is 46.2 Å². The minimum absolute atomic E-state index is 0.0784. The fourth-order valence-corrected chi connectivity index (χ4v) is 3.46. The number of nitrogens with one attached hydrogen (secondary N) is 1. The second-order valence-corrected chi connectivity index (χ2v) is 6.85. The first-order valence-electron chi connectivity index (χ1n) is 4.97. The third kappa shape index (κ3) is 3.21. The molecule has 16 heavy (non-hydrogen) atoms. The van der Waals surface area contributed by atoms with E-state index in [-0.39, 0.29) is 5.75 Å². The van der Waals surface area contributed by atoms with Gasteiger partial charge in [0.1, 0.15) is 0 Å². The molecule has 1 heterocycles. The highest BCUT2D eigenvalue weighted by Crippen LogP contribution is 2.15.